The molecule has 0 bridgehead atoms. The van der Waals surface area contributed by atoms with Gasteiger partial charge in [-0.3, -0.25) is 0 Å². The number of ether oxygens (including phenoxy) is 3. The molecule has 1 heterocycles. The summed E-state index contributed by atoms with van der Waals surface area (Å²) in [5.74, 6) is -4.27. The summed E-state index contributed by atoms with van der Waals surface area (Å²) in [5.41, 5.74) is 0.829. The fourth-order valence-electron chi connectivity index (χ4n) is 3.64. The lowest BCUT2D eigenvalue weighted by molar-refractivity contribution is -0.203. The third-order valence-corrected chi connectivity index (χ3v) is 5.51. The van der Waals surface area contributed by atoms with E-state index in [1.54, 1.807) is 6.08 Å². The quantitative estimate of drug-likeness (QED) is 0.274. The topological polar surface area (TPSA) is 27.7 Å². The minimum atomic E-state index is -1.10. The number of halogens is 4. The maximum atomic E-state index is 14.9. The molecule has 1 aliphatic rings. The number of benzene rings is 3. The van der Waals surface area contributed by atoms with Gasteiger partial charge in [-0.2, -0.15) is 4.39 Å². The Balaban J connectivity index is 1.58. The van der Waals surface area contributed by atoms with Crippen LogP contribution in [0.15, 0.2) is 60.9 Å². The SMILES string of the molecule is CC/C=C\Oc1ccc(-c2ccc(-c3ccc(C4OCC(C)CO4)c(F)c3F)cc2)c(F)c1F. The van der Waals surface area contributed by atoms with Gasteiger partial charge in [0, 0.05) is 22.6 Å². The summed E-state index contributed by atoms with van der Waals surface area (Å²) in [6, 6.07) is 11.7. The summed E-state index contributed by atoms with van der Waals surface area (Å²) in [4.78, 5) is 0. The highest BCUT2D eigenvalue weighted by Crippen LogP contribution is 2.35. The molecule has 0 saturated carbocycles. The maximum absolute atomic E-state index is 14.9. The van der Waals surface area contributed by atoms with Crippen molar-refractivity contribution in [1.82, 2.24) is 0 Å². The third kappa shape index (κ3) is 4.86. The first-order chi connectivity index (χ1) is 16.4. The molecular formula is C27H24F4O3. The van der Waals surface area contributed by atoms with Crippen molar-refractivity contribution in [2.24, 2.45) is 5.92 Å². The first-order valence-corrected chi connectivity index (χ1v) is 11.0. The van der Waals surface area contributed by atoms with Gasteiger partial charge >= 0.3 is 0 Å². The van der Waals surface area contributed by atoms with Crippen LogP contribution in [-0.2, 0) is 9.47 Å². The second kappa shape index (κ2) is 10.4. The molecule has 0 atom stereocenters. The summed E-state index contributed by atoms with van der Waals surface area (Å²) in [6.45, 7) is 4.62. The summed E-state index contributed by atoms with van der Waals surface area (Å²) in [6.07, 6.45) is 2.72. The lowest BCUT2D eigenvalue weighted by Gasteiger charge is -2.28. The summed E-state index contributed by atoms with van der Waals surface area (Å²) < 4.78 is 74.7. The number of hydrogen-bond acceptors (Lipinski definition) is 3. The van der Waals surface area contributed by atoms with Gasteiger partial charge in [0.25, 0.3) is 0 Å². The molecule has 0 aliphatic carbocycles. The Kier molecular flexibility index (Phi) is 7.34. The Morgan fingerprint density at radius 2 is 1.35 bits per heavy atom. The molecule has 0 radical (unpaired) electrons. The van der Waals surface area contributed by atoms with Crippen LogP contribution in [0.1, 0.15) is 32.1 Å². The molecule has 3 aromatic rings. The smallest absolute Gasteiger partial charge is 0.201 e. The maximum Gasteiger partial charge on any atom is 0.201 e. The first kappa shape index (κ1) is 24.0. The van der Waals surface area contributed by atoms with Gasteiger partial charge in [0.05, 0.1) is 19.5 Å². The summed E-state index contributed by atoms with van der Waals surface area (Å²) in [7, 11) is 0. The predicted octanol–water partition coefficient (Wildman–Crippen LogP) is 7.56. The number of rotatable bonds is 6. The molecule has 4 rings (SSSR count). The van der Waals surface area contributed by atoms with E-state index in [1.807, 2.05) is 13.8 Å². The molecule has 7 heteroatoms. The zero-order chi connectivity index (χ0) is 24.2. The largest absolute Gasteiger partial charge is 0.462 e. The van der Waals surface area contributed by atoms with E-state index in [9.17, 15) is 17.6 Å². The van der Waals surface area contributed by atoms with Crippen molar-refractivity contribution < 1.29 is 31.8 Å². The Labute approximate surface area is 195 Å². The van der Waals surface area contributed by atoms with Crippen molar-refractivity contribution in [1.29, 1.82) is 0 Å². The van der Waals surface area contributed by atoms with E-state index < -0.39 is 29.6 Å². The lowest BCUT2D eigenvalue weighted by atomic mass is 9.98. The monoisotopic (exact) mass is 472 g/mol. The molecule has 3 aromatic carbocycles. The van der Waals surface area contributed by atoms with Crippen LogP contribution in [0, 0.1) is 29.2 Å². The van der Waals surface area contributed by atoms with E-state index in [1.165, 1.54) is 54.8 Å². The Bertz CT molecular complexity index is 1180. The molecule has 34 heavy (non-hydrogen) atoms. The Hall–Kier alpha value is -3.16. The highest BCUT2D eigenvalue weighted by atomic mass is 19.2. The van der Waals surface area contributed by atoms with Crippen LogP contribution in [0.2, 0.25) is 0 Å². The second-order valence-electron chi connectivity index (χ2n) is 8.15. The standard InChI is InChI=1S/C27H24F4O3/c1-3-4-13-32-22-12-11-20(24(29)26(22)31)18-7-5-17(6-8-18)19-9-10-21(25(30)23(19)28)27-33-14-16(2)15-34-27/h4-13,16,27H,3,14-15H2,1-2H3/b13-4-. The van der Waals surface area contributed by atoms with Gasteiger partial charge < -0.3 is 14.2 Å². The van der Waals surface area contributed by atoms with Crippen LogP contribution in [0.5, 0.6) is 5.75 Å². The van der Waals surface area contributed by atoms with Crippen molar-refractivity contribution in [2.75, 3.05) is 13.2 Å². The van der Waals surface area contributed by atoms with Crippen LogP contribution in [0.25, 0.3) is 22.3 Å². The zero-order valence-corrected chi connectivity index (χ0v) is 18.8. The van der Waals surface area contributed by atoms with Crippen molar-refractivity contribution in [2.45, 2.75) is 26.6 Å². The van der Waals surface area contributed by atoms with Crippen molar-refractivity contribution in [3.05, 3.63) is 89.7 Å². The summed E-state index contributed by atoms with van der Waals surface area (Å²) in [5, 5.41) is 0. The number of allylic oxidation sites excluding steroid dienone is 1. The van der Waals surface area contributed by atoms with Crippen LogP contribution in [-0.4, -0.2) is 13.2 Å². The second-order valence-corrected chi connectivity index (χ2v) is 8.15. The van der Waals surface area contributed by atoms with Gasteiger partial charge in [0.1, 0.15) is 0 Å². The minimum Gasteiger partial charge on any atom is -0.462 e. The van der Waals surface area contributed by atoms with Gasteiger partial charge in [-0.15, -0.1) is 0 Å². The molecule has 0 unspecified atom stereocenters. The van der Waals surface area contributed by atoms with Crippen LogP contribution < -0.4 is 4.74 Å². The molecular weight excluding hydrogens is 448 g/mol. The average molecular weight is 472 g/mol. The summed E-state index contributed by atoms with van der Waals surface area (Å²) >= 11 is 0. The molecule has 0 spiro atoms. The van der Waals surface area contributed by atoms with E-state index in [2.05, 4.69) is 0 Å². The third-order valence-electron chi connectivity index (χ3n) is 5.51. The van der Waals surface area contributed by atoms with Gasteiger partial charge in [-0.25, -0.2) is 13.2 Å². The van der Waals surface area contributed by atoms with Crippen LogP contribution >= 0.6 is 0 Å². The van der Waals surface area contributed by atoms with Gasteiger partial charge in [0.2, 0.25) is 5.82 Å². The van der Waals surface area contributed by atoms with Gasteiger partial charge in [-0.05, 0) is 35.8 Å². The molecule has 0 amide bonds. The van der Waals surface area contributed by atoms with E-state index in [-0.39, 0.29) is 28.4 Å². The molecule has 3 nitrogen and oxygen atoms in total. The van der Waals surface area contributed by atoms with Crippen LogP contribution in [0.3, 0.4) is 0 Å². The average Bonchev–Trinajstić information content (AvgIpc) is 2.85. The van der Waals surface area contributed by atoms with E-state index in [0.717, 1.165) is 0 Å². The minimum absolute atomic E-state index is 0.00148. The Morgan fingerprint density at radius 3 is 1.94 bits per heavy atom. The van der Waals surface area contributed by atoms with E-state index >= 15 is 0 Å². The molecule has 1 fully saturated rings. The normalized spacial score (nSPS) is 18.4. The molecule has 178 valence electrons. The molecule has 1 aliphatic heterocycles. The highest BCUT2D eigenvalue weighted by molar-refractivity contribution is 5.71. The van der Waals surface area contributed by atoms with Crippen molar-refractivity contribution in [3.8, 4) is 28.0 Å². The predicted molar refractivity (Wildman–Crippen MR) is 121 cm³/mol. The van der Waals surface area contributed by atoms with E-state index in [4.69, 9.17) is 14.2 Å². The van der Waals surface area contributed by atoms with Crippen molar-refractivity contribution >= 4 is 0 Å². The Morgan fingerprint density at radius 1 is 0.794 bits per heavy atom. The fourth-order valence-corrected chi connectivity index (χ4v) is 3.64. The molecule has 0 N–H and O–H groups in total. The first-order valence-electron chi connectivity index (χ1n) is 11.0. The highest BCUT2D eigenvalue weighted by Gasteiger charge is 2.26. The van der Waals surface area contributed by atoms with Crippen LogP contribution in [0.4, 0.5) is 17.6 Å². The number of hydrogen-bond donors (Lipinski definition) is 0. The fraction of sp³-hybridized carbons (Fsp3) is 0.259. The lowest BCUT2D eigenvalue weighted by Crippen LogP contribution is -2.25. The van der Waals surface area contributed by atoms with Gasteiger partial charge in [-0.1, -0.05) is 50.2 Å². The molecule has 1 saturated heterocycles. The van der Waals surface area contributed by atoms with Gasteiger partial charge in [0.15, 0.2) is 29.5 Å². The van der Waals surface area contributed by atoms with E-state index in [0.29, 0.717) is 30.8 Å². The molecule has 0 aromatic heterocycles. The van der Waals surface area contributed by atoms with Crippen molar-refractivity contribution in [3.63, 3.8) is 0 Å². The zero-order valence-electron chi connectivity index (χ0n) is 18.8.